The van der Waals surface area contributed by atoms with Gasteiger partial charge >= 0.3 is 0 Å². The van der Waals surface area contributed by atoms with Crippen molar-refractivity contribution < 1.29 is 0 Å². The molecule has 3 rings (SSSR count). The Morgan fingerprint density at radius 3 is 2.69 bits per heavy atom. The highest BCUT2D eigenvalue weighted by molar-refractivity contribution is 5.21. The van der Waals surface area contributed by atoms with Crippen molar-refractivity contribution in [1.82, 2.24) is 0 Å². The van der Waals surface area contributed by atoms with E-state index in [1.54, 1.807) is 6.08 Å². The topological polar surface area (TPSA) is 0 Å². The Balaban J connectivity index is 0.000000142. The van der Waals surface area contributed by atoms with Gasteiger partial charge in [0.25, 0.3) is 0 Å². The van der Waals surface area contributed by atoms with Crippen molar-refractivity contribution in [3.63, 3.8) is 0 Å². The molecule has 0 aromatic heterocycles. The molecule has 0 heterocycles. The summed E-state index contributed by atoms with van der Waals surface area (Å²) >= 11 is 0. The van der Waals surface area contributed by atoms with Crippen molar-refractivity contribution >= 4 is 0 Å². The van der Waals surface area contributed by atoms with Crippen LogP contribution in [0.5, 0.6) is 0 Å². The van der Waals surface area contributed by atoms with Gasteiger partial charge in [-0.2, -0.15) is 0 Å². The van der Waals surface area contributed by atoms with Crippen molar-refractivity contribution in [3.05, 3.63) is 49.1 Å². The highest BCUT2D eigenvalue weighted by Gasteiger charge is 2.44. The van der Waals surface area contributed by atoms with Crippen LogP contribution in [-0.2, 0) is 0 Å². The Labute approximate surface area is 99.4 Å². The van der Waals surface area contributed by atoms with Gasteiger partial charge in [0.15, 0.2) is 0 Å². The summed E-state index contributed by atoms with van der Waals surface area (Å²) in [5.41, 5.74) is 0. The van der Waals surface area contributed by atoms with Gasteiger partial charge in [-0.1, -0.05) is 56.0 Å². The second-order valence-corrected chi connectivity index (χ2v) is 4.93. The van der Waals surface area contributed by atoms with Crippen LogP contribution < -0.4 is 0 Å². The van der Waals surface area contributed by atoms with Crippen molar-refractivity contribution in [2.24, 2.45) is 23.7 Å². The summed E-state index contributed by atoms with van der Waals surface area (Å²) in [6.45, 7) is 5.61. The quantitative estimate of drug-likeness (QED) is 0.468. The van der Waals surface area contributed by atoms with Gasteiger partial charge in [-0.3, -0.25) is 0 Å². The Morgan fingerprint density at radius 1 is 1.25 bits per heavy atom. The van der Waals surface area contributed by atoms with Gasteiger partial charge in [0.2, 0.25) is 0 Å². The first-order valence-corrected chi connectivity index (χ1v) is 6.49. The molecule has 4 unspecified atom stereocenters. The van der Waals surface area contributed by atoms with E-state index in [0.717, 1.165) is 30.1 Å². The molecule has 0 aliphatic heterocycles. The first kappa shape index (κ1) is 11.4. The van der Waals surface area contributed by atoms with E-state index in [2.05, 4.69) is 43.9 Å². The summed E-state index contributed by atoms with van der Waals surface area (Å²) in [6.07, 6.45) is 19.4. The molecule has 1 saturated carbocycles. The van der Waals surface area contributed by atoms with Crippen molar-refractivity contribution in [2.75, 3.05) is 0 Å². The average molecular weight is 214 g/mol. The average Bonchev–Trinajstić information content (AvgIpc) is 2.98. The highest BCUT2D eigenvalue weighted by Crippen LogP contribution is 2.52. The predicted octanol–water partition coefficient (Wildman–Crippen LogP) is 4.52. The molecule has 0 aromatic carbocycles. The van der Waals surface area contributed by atoms with Crippen LogP contribution in [0.2, 0.25) is 0 Å². The molecule has 3 aliphatic carbocycles. The Bertz CT molecular complexity index is 319. The molecule has 0 spiro atoms. The maximum atomic E-state index is 3.51. The summed E-state index contributed by atoms with van der Waals surface area (Å²) in [5, 5.41) is 0. The van der Waals surface area contributed by atoms with Crippen LogP contribution in [0.25, 0.3) is 0 Å². The number of hydrogen-bond donors (Lipinski definition) is 0. The molecule has 0 saturated heterocycles. The van der Waals surface area contributed by atoms with Crippen LogP contribution in [0, 0.1) is 23.7 Å². The molecule has 1 fully saturated rings. The molecule has 16 heavy (non-hydrogen) atoms. The molecule has 4 atom stereocenters. The Hall–Kier alpha value is -1.04. The molecule has 0 N–H and O–H groups in total. The zero-order chi connectivity index (χ0) is 11.4. The summed E-state index contributed by atoms with van der Waals surface area (Å²) < 4.78 is 0. The zero-order valence-corrected chi connectivity index (χ0v) is 10.2. The molecule has 0 amide bonds. The first-order chi connectivity index (χ1) is 7.86. The molecular formula is C16H22. The molecule has 0 heteroatoms. The highest BCUT2D eigenvalue weighted by atomic mass is 14.5. The van der Waals surface area contributed by atoms with Crippen LogP contribution in [0.4, 0.5) is 0 Å². The molecule has 0 nitrogen and oxygen atoms in total. The van der Waals surface area contributed by atoms with Gasteiger partial charge in [0.1, 0.15) is 0 Å². The fourth-order valence-electron chi connectivity index (χ4n) is 3.21. The minimum atomic E-state index is 0.925. The van der Waals surface area contributed by atoms with Gasteiger partial charge in [-0.25, -0.2) is 0 Å². The second-order valence-electron chi connectivity index (χ2n) is 4.93. The third-order valence-corrected chi connectivity index (χ3v) is 3.96. The van der Waals surface area contributed by atoms with Gasteiger partial charge in [0.05, 0.1) is 0 Å². The minimum absolute atomic E-state index is 0.925. The monoisotopic (exact) mass is 214 g/mol. The Kier molecular flexibility index (Phi) is 3.82. The fraction of sp³-hybridized carbons (Fsp3) is 0.500. The second kappa shape index (κ2) is 5.34. The lowest BCUT2D eigenvalue weighted by Crippen LogP contribution is -2.12. The predicted molar refractivity (Wildman–Crippen MR) is 71.1 cm³/mol. The number of hydrogen-bond acceptors (Lipinski definition) is 0. The lowest BCUT2D eigenvalue weighted by atomic mass is 9.86. The van der Waals surface area contributed by atoms with Gasteiger partial charge < -0.3 is 0 Å². The normalized spacial score (nSPS) is 37.6. The summed E-state index contributed by atoms with van der Waals surface area (Å²) in [4.78, 5) is 0. The van der Waals surface area contributed by atoms with E-state index in [1.165, 1.54) is 12.8 Å². The van der Waals surface area contributed by atoms with Crippen molar-refractivity contribution in [2.45, 2.75) is 26.2 Å². The smallest absolute Gasteiger partial charge is 0.0133 e. The molecule has 0 radical (unpaired) electrons. The van der Waals surface area contributed by atoms with E-state index in [-0.39, 0.29) is 0 Å². The van der Waals surface area contributed by atoms with E-state index < -0.39 is 0 Å². The third-order valence-electron chi connectivity index (χ3n) is 3.96. The van der Waals surface area contributed by atoms with Crippen LogP contribution in [-0.4, -0.2) is 0 Å². The van der Waals surface area contributed by atoms with E-state index in [0.29, 0.717) is 0 Å². The number of rotatable bonds is 2. The number of fused-ring (bicyclic) bond motifs is 5. The fourth-order valence-corrected chi connectivity index (χ4v) is 3.21. The summed E-state index contributed by atoms with van der Waals surface area (Å²) in [7, 11) is 0. The van der Waals surface area contributed by atoms with Crippen molar-refractivity contribution in [1.29, 1.82) is 0 Å². The first-order valence-electron chi connectivity index (χ1n) is 6.49. The zero-order valence-electron chi connectivity index (χ0n) is 10.2. The van der Waals surface area contributed by atoms with E-state index in [4.69, 9.17) is 0 Å². The van der Waals surface area contributed by atoms with Gasteiger partial charge in [-0.15, -0.1) is 0 Å². The SMILES string of the molecule is C1=CC2C3C=CC(C3)C2C1.C=C/C=C/CC. The van der Waals surface area contributed by atoms with Crippen molar-refractivity contribution in [3.8, 4) is 0 Å². The van der Waals surface area contributed by atoms with Gasteiger partial charge in [-0.05, 0) is 42.9 Å². The maximum absolute atomic E-state index is 3.51. The molecule has 86 valence electrons. The van der Waals surface area contributed by atoms with E-state index >= 15 is 0 Å². The maximum Gasteiger partial charge on any atom is -0.0133 e. The Morgan fingerprint density at radius 2 is 2.06 bits per heavy atom. The van der Waals surface area contributed by atoms with E-state index in [1.807, 2.05) is 6.08 Å². The van der Waals surface area contributed by atoms with Crippen LogP contribution >= 0.6 is 0 Å². The van der Waals surface area contributed by atoms with Crippen LogP contribution in [0.15, 0.2) is 49.1 Å². The lowest BCUT2D eigenvalue weighted by molar-refractivity contribution is 0.398. The third kappa shape index (κ3) is 2.21. The summed E-state index contributed by atoms with van der Waals surface area (Å²) in [5.74, 6) is 3.82. The molecule has 0 aromatic rings. The van der Waals surface area contributed by atoms with Crippen LogP contribution in [0.1, 0.15) is 26.2 Å². The minimum Gasteiger partial charge on any atom is -0.0991 e. The summed E-state index contributed by atoms with van der Waals surface area (Å²) in [6, 6.07) is 0. The van der Waals surface area contributed by atoms with Gasteiger partial charge in [0, 0.05) is 0 Å². The molecule has 2 bridgehead atoms. The largest absolute Gasteiger partial charge is 0.0991 e. The standard InChI is InChI=1S/C10H12.C6H10/c1-2-9-7-4-5-8(6-7)10(9)3-1;1-3-5-6-4-2/h1-2,4-5,7-10H,3,6H2;3,5-6H,1,4H2,2H3/b;6-5+. The van der Waals surface area contributed by atoms with Crippen LogP contribution in [0.3, 0.4) is 0 Å². The molecular weight excluding hydrogens is 192 g/mol. The lowest BCUT2D eigenvalue weighted by Gasteiger charge is -2.18. The van der Waals surface area contributed by atoms with E-state index in [9.17, 15) is 0 Å². The molecule has 3 aliphatic rings. The number of allylic oxidation sites excluding steroid dienone is 7.